The van der Waals surface area contributed by atoms with Crippen molar-refractivity contribution in [1.82, 2.24) is 5.16 Å². The smallest absolute Gasteiger partial charge is 0.330 e. The first-order valence-electron chi connectivity index (χ1n) is 6.00. The Morgan fingerprint density at radius 1 is 1.38 bits per heavy atom. The quantitative estimate of drug-likeness (QED) is 0.371. The minimum Gasteiger partial charge on any atom is -0.466 e. The number of aromatic nitrogens is 1. The number of rotatable bonds is 4. The van der Waals surface area contributed by atoms with Crippen LogP contribution in [-0.2, 0) is 9.53 Å². The Bertz CT molecular complexity index is 701. The highest BCUT2D eigenvalue weighted by Crippen LogP contribution is 2.28. The van der Waals surface area contributed by atoms with Crippen LogP contribution in [-0.4, -0.2) is 23.2 Å². The minimum atomic E-state index is -0.495. The van der Waals surface area contributed by atoms with E-state index in [1.165, 1.54) is 31.4 Å². The number of esters is 1. The summed E-state index contributed by atoms with van der Waals surface area (Å²) >= 11 is 0. The maximum atomic E-state index is 11.2. The number of nitrogens with zero attached hydrogens (tertiary/aromatic N) is 2. The van der Waals surface area contributed by atoms with E-state index in [1.807, 2.05) is 0 Å². The number of nitro benzene ring substituents is 1. The maximum Gasteiger partial charge on any atom is 0.330 e. The van der Waals surface area contributed by atoms with Crippen LogP contribution in [0.3, 0.4) is 0 Å². The van der Waals surface area contributed by atoms with Crippen LogP contribution in [0.2, 0.25) is 0 Å². The molecular weight excluding hydrogens is 276 g/mol. The first-order valence-corrected chi connectivity index (χ1v) is 6.00. The number of non-ortho nitro benzene ring substituents is 1. The fourth-order valence-electron chi connectivity index (χ4n) is 1.74. The second kappa shape index (κ2) is 6.00. The van der Waals surface area contributed by atoms with Crippen molar-refractivity contribution in [3.8, 4) is 11.3 Å². The second-order valence-electron chi connectivity index (χ2n) is 4.17. The second-order valence-corrected chi connectivity index (χ2v) is 4.17. The molecule has 0 N–H and O–H groups in total. The SMILES string of the molecule is COC(=O)/C=C/c1c(C)noc1-c1ccc([N+](=O)[O-])cc1. The van der Waals surface area contributed by atoms with Gasteiger partial charge >= 0.3 is 5.97 Å². The molecule has 0 amide bonds. The van der Waals surface area contributed by atoms with Gasteiger partial charge in [0.25, 0.3) is 5.69 Å². The molecule has 2 rings (SSSR count). The number of carbonyl (C=O) groups excluding carboxylic acids is 1. The molecule has 1 heterocycles. The highest BCUT2D eigenvalue weighted by atomic mass is 16.6. The topological polar surface area (TPSA) is 95.5 Å². The summed E-state index contributed by atoms with van der Waals surface area (Å²) in [5.74, 6) is -0.0622. The van der Waals surface area contributed by atoms with Crippen molar-refractivity contribution in [3.63, 3.8) is 0 Å². The van der Waals surface area contributed by atoms with Crippen LogP contribution in [0.4, 0.5) is 5.69 Å². The molecule has 0 fully saturated rings. The van der Waals surface area contributed by atoms with E-state index in [2.05, 4.69) is 9.89 Å². The lowest BCUT2D eigenvalue weighted by atomic mass is 10.1. The molecule has 0 aliphatic heterocycles. The van der Waals surface area contributed by atoms with Crippen molar-refractivity contribution in [2.75, 3.05) is 7.11 Å². The van der Waals surface area contributed by atoms with E-state index < -0.39 is 10.9 Å². The summed E-state index contributed by atoms with van der Waals surface area (Å²) in [6.45, 7) is 1.73. The number of nitro groups is 1. The number of carbonyl (C=O) groups is 1. The Morgan fingerprint density at radius 2 is 2.05 bits per heavy atom. The lowest BCUT2D eigenvalue weighted by molar-refractivity contribution is -0.384. The van der Waals surface area contributed by atoms with Crippen LogP contribution in [0.25, 0.3) is 17.4 Å². The Kier molecular flexibility index (Phi) is 4.13. The molecule has 7 nitrogen and oxygen atoms in total. The lowest BCUT2D eigenvalue weighted by Crippen LogP contribution is -1.93. The van der Waals surface area contributed by atoms with Crippen molar-refractivity contribution < 1.29 is 19.0 Å². The third kappa shape index (κ3) is 3.14. The highest BCUT2D eigenvalue weighted by Gasteiger charge is 2.14. The van der Waals surface area contributed by atoms with Crippen LogP contribution in [0.1, 0.15) is 11.3 Å². The van der Waals surface area contributed by atoms with Crippen molar-refractivity contribution in [2.45, 2.75) is 6.92 Å². The zero-order valence-corrected chi connectivity index (χ0v) is 11.4. The van der Waals surface area contributed by atoms with Gasteiger partial charge in [-0.1, -0.05) is 5.16 Å². The third-order valence-electron chi connectivity index (χ3n) is 2.84. The summed E-state index contributed by atoms with van der Waals surface area (Å²) in [6.07, 6.45) is 2.79. The summed E-state index contributed by atoms with van der Waals surface area (Å²) in [7, 11) is 1.28. The molecule has 1 aromatic carbocycles. The standard InChI is InChI=1S/C14H12N2O5/c1-9-12(7-8-13(17)20-2)14(21-15-9)10-3-5-11(6-4-10)16(18)19/h3-8H,1-2H3/b8-7+. The molecule has 0 spiro atoms. The van der Waals surface area contributed by atoms with Gasteiger partial charge in [0.2, 0.25) is 0 Å². The predicted molar refractivity (Wildman–Crippen MR) is 74.4 cm³/mol. The van der Waals surface area contributed by atoms with Gasteiger partial charge in [-0.2, -0.15) is 0 Å². The molecule has 21 heavy (non-hydrogen) atoms. The van der Waals surface area contributed by atoms with Gasteiger partial charge in [-0.3, -0.25) is 10.1 Å². The zero-order chi connectivity index (χ0) is 15.4. The molecule has 0 saturated heterocycles. The fraction of sp³-hybridized carbons (Fsp3) is 0.143. The lowest BCUT2D eigenvalue weighted by Gasteiger charge is -1.98. The molecule has 0 aliphatic carbocycles. The minimum absolute atomic E-state index is 0.0124. The van der Waals surface area contributed by atoms with Gasteiger partial charge in [0.15, 0.2) is 5.76 Å². The van der Waals surface area contributed by atoms with Crippen LogP contribution >= 0.6 is 0 Å². The molecule has 0 radical (unpaired) electrons. The molecule has 108 valence electrons. The molecule has 0 saturated carbocycles. The van der Waals surface area contributed by atoms with Crippen molar-refractivity contribution in [3.05, 3.63) is 51.7 Å². The van der Waals surface area contributed by atoms with E-state index in [9.17, 15) is 14.9 Å². The molecule has 0 bridgehead atoms. The monoisotopic (exact) mass is 288 g/mol. The van der Waals surface area contributed by atoms with Gasteiger partial charge in [-0.15, -0.1) is 0 Å². The van der Waals surface area contributed by atoms with Crippen LogP contribution < -0.4 is 0 Å². The first-order chi connectivity index (χ1) is 10.0. The van der Waals surface area contributed by atoms with Crippen molar-refractivity contribution in [1.29, 1.82) is 0 Å². The maximum absolute atomic E-state index is 11.2. The summed E-state index contributed by atoms with van der Waals surface area (Å²) in [4.78, 5) is 21.3. The molecule has 2 aromatic rings. The molecule has 0 unspecified atom stereocenters. The fourth-order valence-corrected chi connectivity index (χ4v) is 1.74. The number of aryl methyl sites for hydroxylation is 1. The Hall–Kier alpha value is -2.96. The molecule has 0 aliphatic rings. The highest BCUT2D eigenvalue weighted by molar-refractivity contribution is 5.88. The average Bonchev–Trinajstić information content (AvgIpc) is 2.85. The van der Waals surface area contributed by atoms with Gasteiger partial charge in [0.05, 0.1) is 17.7 Å². The normalized spacial score (nSPS) is 10.8. The van der Waals surface area contributed by atoms with E-state index in [0.29, 0.717) is 22.6 Å². The summed E-state index contributed by atoms with van der Waals surface area (Å²) in [6, 6.07) is 5.88. The summed E-state index contributed by atoms with van der Waals surface area (Å²) < 4.78 is 9.75. The number of methoxy groups -OCH3 is 1. The van der Waals surface area contributed by atoms with E-state index >= 15 is 0 Å². The molecule has 1 aromatic heterocycles. The van der Waals surface area contributed by atoms with Crippen molar-refractivity contribution >= 4 is 17.7 Å². The Balaban J connectivity index is 2.38. The Labute approximate surface area is 120 Å². The van der Waals surface area contributed by atoms with Gasteiger partial charge in [0.1, 0.15) is 0 Å². The summed E-state index contributed by atoms with van der Waals surface area (Å²) in [5.41, 5.74) is 1.84. The van der Waals surface area contributed by atoms with E-state index in [0.717, 1.165) is 0 Å². The number of ether oxygens (including phenoxy) is 1. The third-order valence-corrected chi connectivity index (χ3v) is 2.84. The Morgan fingerprint density at radius 3 is 2.62 bits per heavy atom. The van der Waals surface area contributed by atoms with E-state index in [4.69, 9.17) is 4.52 Å². The van der Waals surface area contributed by atoms with E-state index in [-0.39, 0.29) is 5.69 Å². The predicted octanol–water partition coefficient (Wildman–Crippen LogP) is 2.74. The number of benzene rings is 1. The zero-order valence-electron chi connectivity index (χ0n) is 11.4. The number of hydrogen-bond acceptors (Lipinski definition) is 6. The first kappa shape index (κ1) is 14.4. The number of hydrogen-bond donors (Lipinski definition) is 0. The largest absolute Gasteiger partial charge is 0.466 e. The molecule has 0 atom stereocenters. The summed E-state index contributed by atoms with van der Waals surface area (Å²) in [5, 5.41) is 14.5. The average molecular weight is 288 g/mol. The van der Waals surface area contributed by atoms with Crippen LogP contribution in [0.5, 0.6) is 0 Å². The van der Waals surface area contributed by atoms with Gasteiger partial charge in [-0.05, 0) is 25.1 Å². The van der Waals surface area contributed by atoms with E-state index in [1.54, 1.807) is 19.1 Å². The molecule has 7 heteroatoms. The van der Waals surface area contributed by atoms with Gasteiger partial charge in [-0.25, -0.2) is 4.79 Å². The van der Waals surface area contributed by atoms with Gasteiger partial charge in [0, 0.05) is 29.3 Å². The van der Waals surface area contributed by atoms with Crippen LogP contribution in [0, 0.1) is 17.0 Å². The van der Waals surface area contributed by atoms with Crippen LogP contribution in [0.15, 0.2) is 34.9 Å². The van der Waals surface area contributed by atoms with Gasteiger partial charge < -0.3 is 9.26 Å². The molecular formula is C14H12N2O5. The van der Waals surface area contributed by atoms with Crippen molar-refractivity contribution in [2.24, 2.45) is 0 Å².